The second kappa shape index (κ2) is 7.65. The van der Waals surface area contributed by atoms with Gasteiger partial charge >= 0.3 is 0 Å². The van der Waals surface area contributed by atoms with Crippen LogP contribution in [0.3, 0.4) is 0 Å². The zero-order valence-electron chi connectivity index (χ0n) is 15.2. The molecular formula is C20H23N3O4. The number of furan rings is 1. The predicted molar refractivity (Wildman–Crippen MR) is 100 cm³/mol. The number of nitrogens with two attached hydrogens (primary N) is 1. The average Bonchev–Trinajstić information content (AvgIpc) is 3.19. The topological polar surface area (TPSA) is 114 Å². The average molecular weight is 369 g/mol. The van der Waals surface area contributed by atoms with Crippen LogP contribution in [-0.2, 0) is 4.79 Å². The molecule has 3 rings (SSSR count). The number of benzene rings is 1. The lowest BCUT2D eigenvalue weighted by Crippen LogP contribution is -2.59. The minimum Gasteiger partial charge on any atom is -0.451 e. The van der Waals surface area contributed by atoms with Crippen molar-refractivity contribution >= 4 is 17.7 Å². The summed E-state index contributed by atoms with van der Waals surface area (Å²) in [6.45, 7) is 0. The van der Waals surface area contributed by atoms with Crippen LogP contribution in [-0.4, -0.2) is 30.3 Å². The van der Waals surface area contributed by atoms with Gasteiger partial charge in [-0.25, -0.2) is 0 Å². The smallest absolute Gasteiger partial charge is 0.284 e. The SMILES string of the molecule is CNC(=O)C1(NC(=O)c2cccc(-c3ccc(C(N)=O)o3)c2)CCCCC1. The molecular weight excluding hydrogens is 346 g/mol. The third-order valence-electron chi connectivity index (χ3n) is 4.98. The Morgan fingerprint density at radius 2 is 1.81 bits per heavy atom. The number of carbonyl (C=O) groups is 3. The maximum absolute atomic E-state index is 12.8. The first-order chi connectivity index (χ1) is 12.9. The maximum Gasteiger partial charge on any atom is 0.284 e. The highest BCUT2D eigenvalue weighted by Crippen LogP contribution is 2.29. The van der Waals surface area contributed by atoms with Gasteiger partial charge in [-0.2, -0.15) is 0 Å². The molecule has 2 aromatic rings. The van der Waals surface area contributed by atoms with Crippen LogP contribution >= 0.6 is 0 Å². The first-order valence-corrected chi connectivity index (χ1v) is 9.00. The van der Waals surface area contributed by atoms with Crippen molar-refractivity contribution in [2.24, 2.45) is 5.73 Å². The molecule has 4 N–H and O–H groups in total. The number of primary amides is 1. The molecule has 1 saturated carbocycles. The van der Waals surface area contributed by atoms with Crippen molar-refractivity contribution in [3.8, 4) is 11.3 Å². The summed E-state index contributed by atoms with van der Waals surface area (Å²) < 4.78 is 5.42. The van der Waals surface area contributed by atoms with Crippen molar-refractivity contribution in [2.75, 3.05) is 7.05 Å². The van der Waals surface area contributed by atoms with Gasteiger partial charge in [0, 0.05) is 18.2 Å². The van der Waals surface area contributed by atoms with E-state index in [1.807, 2.05) is 0 Å². The Morgan fingerprint density at radius 1 is 1.07 bits per heavy atom. The molecule has 7 heteroatoms. The zero-order valence-corrected chi connectivity index (χ0v) is 15.2. The minimum atomic E-state index is -0.871. The molecule has 1 aliphatic carbocycles. The molecule has 0 radical (unpaired) electrons. The molecule has 0 spiro atoms. The molecule has 1 aromatic carbocycles. The number of hydrogen-bond acceptors (Lipinski definition) is 4. The van der Waals surface area contributed by atoms with Crippen molar-refractivity contribution < 1.29 is 18.8 Å². The molecule has 1 aliphatic rings. The molecule has 3 amide bonds. The fourth-order valence-electron chi connectivity index (χ4n) is 3.53. The normalized spacial score (nSPS) is 15.7. The van der Waals surface area contributed by atoms with Gasteiger partial charge in [0.25, 0.3) is 11.8 Å². The first kappa shape index (κ1) is 18.7. The lowest BCUT2D eigenvalue weighted by Gasteiger charge is -2.36. The maximum atomic E-state index is 12.8. The van der Waals surface area contributed by atoms with Crippen molar-refractivity contribution in [1.82, 2.24) is 10.6 Å². The van der Waals surface area contributed by atoms with Gasteiger partial charge in [0.2, 0.25) is 5.91 Å². The van der Waals surface area contributed by atoms with Crippen LogP contribution in [0.2, 0.25) is 0 Å². The summed E-state index contributed by atoms with van der Waals surface area (Å²) in [5, 5.41) is 5.62. The van der Waals surface area contributed by atoms with Gasteiger partial charge < -0.3 is 20.8 Å². The summed E-state index contributed by atoms with van der Waals surface area (Å²) in [6, 6.07) is 9.97. The van der Waals surface area contributed by atoms with Crippen LogP contribution < -0.4 is 16.4 Å². The van der Waals surface area contributed by atoms with E-state index in [-0.39, 0.29) is 17.6 Å². The van der Waals surface area contributed by atoms with Crippen molar-refractivity contribution in [3.05, 3.63) is 47.7 Å². The van der Waals surface area contributed by atoms with E-state index < -0.39 is 11.4 Å². The second-order valence-electron chi connectivity index (χ2n) is 6.78. The van der Waals surface area contributed by atoms with Gasteiger partial charge in [-0.05, 0) is 37.1 Å². The summed E-state index contributed by atoms with van der Waals surface area (Å²) >= 11 is 0. The predicted octanol–water partition coefficient (Wildman–Crippen LogP) is 2.22. The molecule has 1 fully saturated rings. The Labute approximate surface area is 157 Å². The molecule has 7 nitrogen and oxygen atoms in total. The standard InChI is InChI=1S/C20H23N3O4/c1-22-19(26)20(10-3-2-4-11-20)23-18(25)14-7-5-6-13(12-14)15-8-9-16(27-15)17(21)24/h5-9,12H,2-4,10-11H2,1H3,(H2,21,24)(H,22,26)(H,23,25). The molecule has 0 atom stereocenters. The van der Waals surface area contributed by atoms with E-state index in [1.54, 1.807) is 37.4 Å². The van der Waals surface area contributed by atoms with Crippen molar-refractivity contribution in [3.63, 3.8) is 0 Å². The number of amides is 3. The quantitative estimate of drug-likeness (QED) is 0.749. The minimum absolute atomic E-state index is 0.0561. The van der Waals surface area contributed by atoms with E-state index in [0.29, 0.717) is 29.7 Å². The summed E-state index contributed by atoms with van der Waals surface area (Å²) in [7, 11) is 1.58. The number of nitrogens with one attached hydrogen (secondary N) is 2. The van der Waals surface area contributed by atoms with E-state index in [4.69, 9.17) is 10.2 Å². The van der Waals surface area contributed by atoms with Crippen LogP contribution in [0.15, 0.2) is 40.8 Å². The molecule has 0 saturated heterocycles. The molecule has 0 aliphatic heterocycles. The Hall–Kier alpha value is -3.09. The largest absolute Gasteiger partial charge is 0.451 e. The lowest BCUT2D eigenvalue weighted by atomic mass is 9.80. The number of carbonyl (C=O) groups excluding carboxylic acids is 3. The van der Waals surface area contributed by atoms with E-state index in [9.17, 15) is 14.4 Å². The molecule has 0 unspecified atom stereocenters. The van der Waals surface area contributed by atoms with Crippen LogP contribution in [0.5, 0.6) is 0 Å². The molecule has 1 heterocycles. The third kappa shape index (κ3) is 3.86. The third-order valence-corrected chi connectivity index (χ3v) is 4.98. The van der Waals surface area contributed by atoms with Gasteiger partial charge in [0.1, 0.15) is 11.3 Å². The molecule has 142 valence electrons. The van der Waals surface area contributed by atoms with Crippen LogP contribution in [0.1, 0.15) is 53.0 Å². The van der Waals surface area contributed by atoms with Gasteiger partial charge in [-0.3, -0.25) is 14.4 Å². The highest BCUT2D eigenvalue weighted by Gasteiger charge is 2.40. The van der Waals surface area contributed by atoms with Gasteiger partial charge in [0.05, 0.1) is 0 Å². The Balaban J connectivity index is 1.84. The zero-order chi connectivity index (χ0) is 19.4. The second-order valence-corrected chi connectivity index (χ2v) is 6.78. The Bertz CT molecular complexity index is 866. The van der Waals surface area contributed by atoms with Crippen LogP contribution in [0.25, 0.3) is 11.3 Å². The van der Waals surface area contributed by atoms with Crippen molar-refractivity contribution in [2.45, 2.75) is 37.6 Å². The Morgan fingerprint density at radius 3 is 2.44 bits per heavy atom. The molecule has 27 heavy (non-hydrogen) atoms. The molecule has 0 bridgehead atoms. The van der Waals surface area contributed by atoms with E-state index in [2.05, 4.69) is 10.6 Å². The summed E-state index contributed by atoms with van der Waals surface area (Å²) in [5.74, 6) is -0.634. The highest BCUT2D eigenvalue weighted by molar-refractivity contribution is 6.00. The van der Waals surface area contributed by atoms with E-state index in [0.717, 1.165) is 19.3 Å². The Kier molecular flexibility index (Phi) is 5.30. The van der Waals surface area contributed by atoms with Crippen LogP contribution in [0, 0.1) is 0 Å². The highest BCUT2D eigenvalue weighted by atomic mass is 16.3. The monoisotopic (exact) mass is 369 g/mol. The summed E-state index contributed by atoms with van der Waals surface area (Å²) in [6.07, 6.45) is 4.10. The summed E-state index contributed by atoms with van der Waals surface area (Å²) in [5.41, 5.74) is 5.40. The van der Waals surface area contributed by atoms with Crippen LogP contribution in [0.4, 0.5) is 0 Å². The first-order valence-electron chi connectivity index (χ1n) is 9.00. The molecule has 1 aromatic heterocycles. The fourth-order valence-corrected chi connectivity index (χ4v) is 3.53. The number of likely N-dealkylation sites (N-methyl/N-ethyl adjacent to an activating group) is 1. The van der Waals surface area contributed by atoms with Gasteiger partial charge in [0.15, 0.2) is 5.76 Å². The van der Waals surface area contributed by atoms with Crippen molar-refractivity contribution in [1.29, 1.82) is 0 Å². The van der Waals surface area contributed by atoms with E-state index >= 15 is 0 Å². The fraction of sp³-hybridized carbons (Fsp3) is 0.350. The van der Waals surface area contributed by atoms with E-state index in [1.165, 1.54) is 6.07 Å². The lowest BCUT2D eigenvalue weighted by molar-refractivity contribution is -0.128. The number of rotatable bonds is 5. The van der Waals surface area contributed by atoms with Gasteiger partial charge in [-0.15, -0.1) is 0 Å². The summed E-state index contributed by atoms with van der Waals surface area (Å²) in [4.78, 5) is 36.5. The van der Waals surface area contributed by atoms with Gasteiger partial charge in [-0.1, -0.05) is 31.4 Å². The number of hydrogen-bond donors (Lipinski definition) is 3.